The van der Waals surface area contributed by atoms with Crippen LogP contribution in [0.4, 0.5) is 0 Å². The summed E-state index contributed by atoms with van der Waals surface area (Å²) in [7, 11) is 0. The van der Waals surface area contributed by atoms with Crippen LogP contribution in [-0.2, 0) is 11.3 Å². The average molecular weight is 295 g/mol. The molecule has 8 heteroatoms. The third-order valence-corrected chi connectivity index (χ3v) is 3.54. The summed E-state index contributed by atoms with van der Waals surface area (Å²) in [6.45, 7) is 2.05. The summed E-state index contributed by atoms with van der Waals surface area (Å²) in [5.74, 6) is 0.334. The summed E-state index contributed by atoms with van der Waals surface area (Å²) in [4.78, 5) is 13.1. The van der Waals surface area contributed by atoms with Gasteiger partial charge in [0.2, 0.25) is 11.7 Å². The number of carbonyl (C=O) groups is 1. The fraction of sp³-hybridized carbons (Fsp3) is 0.500. The van der Waals surface area contributed by atoms with E-state index in [0.717, 1.165) is 12.0 Å². The number of hydrogen-bond acceptors (Lipinski definition) is 6. The highest BCUT2D eigenvalue weighted by molar-refractivity contribution is 7.08. The molecule has 0 saturated carbocycles. The Bertz CT molecular complexity index is 540. The smallest absolute Gasteiger partial charge is 0.243 e. The van der Waals surface area contributed by atoms with Crippen LogP contribution in [0.15, 0.2) is 16.8 Å². The highest BCUT2D eigenvalue weighted by Crippen LogP contribution is 2.16. The largest absolute Gasteiger partial charge is 0.396 e. The zero-order chi connectivity index (χ0) is 14.4. The Hall–Kier alpha value is -1.80. The summed E-state index contributed by atoms with van der Waals surface area (Å²) >= 11 is 1.55. The zero-order valence-corrected chi connectivity index (χ0v) is 12.0. The fourth-order valence-corrected chi connectivity index (χ4v) is 2.39. The Balaban J connectivity index is 1.91. The predicted octanol–water partition coefficient (Wildman–Crippen LogP) is 0.679. The number of rotatable bonds is 7. The van der Waals surface area contributed by atoms with Gasteiger partial charge >= 0.3 is 0 Å². The first-order valence-corrected chi connectivity index (χ1v) is 7.37. The summed E-state index contributed by atoms with van der Waals surface area (Å²) in [5.41, 5.74) is 0.897. The van der Waals surface area contributed by atoms with Crippen molar-refractivity contribution in [3.8, 4) is 11.4 Å². The Kier molecular flexibility index (Phi) is 5.19. The second-order valence-corrected chi connectivity index (χ2v) is 5.12. The molecule has 20 heavy (non-hydrogen) atoms. The van der Waals surface area contributed by atoms with Crippen LogP contribution in [0.3, 0.4) is 0 Å². The van der Waals surface area contributed by atoms with Crippen LogP contribution in [0.25, 0.3) is 11.4 Å². The third-order valence-electron chi connectivity index (χ3n) is 2.85. The van der Waals surface area contributed by atoms with Gasteiger partial charge in [-0.3, -0.25) is 4.79 Å². The van der Waals surface area contributed by atoms with Gasteiger partial charge in [0.25, 0.3) is 0 Å². The van der Waals surface area contributed by atoms with E-state index in [0.29, 0.717) is 12.2 Å². The second kappa shape index (κ2) is 7.11. The molecule has 2 rings (SSSR count). The lowest BCUT2D eigenvalue weighted by atomic mass is 10.1. The maximum Gasteiger partial charge on any atom is 0.243 e. The van der Waals surface area contributed by atoms with Crippen LogP contribution in [0.5, 0.6) is 0 Å². The van der Waals surface area contributed by atoms with Gasteiger partial charge in [0.15, 0.2) is 0 Å². The zero-order valence-electron chi connectivity index (χ0n) is 11.2. The lowest BCUT2D eigenvalue weighted by molar-refractivity contribution is -0.122. The van der Waals surface area contributed by atoms with E-state index >= 15 is 0 Å². The van der Waals surface area contributed by atoms with Crippen LogP contribution in [0.2, 0.25) is 0 Å². The number of nitrogens with one attached hydrogen (secondary N) is 1. The molecule has 0 saturated heterocycles. The maximum absolute atomic E-state index is 11.8. The van der Waals surface area contributed by atoms with E-state index in [4.69, 9.17) is 5.11 Å². The van der Waals surface area contributed by atoms with Gasteiger partial charge in [-0.05, 0) is 29.5 Å². The van der Waals surface area contributed by atoms with Gasteiger partial charge in [0.1, 0.15) is 6.54 Å². The number of aliphatic hydroxyl groups excluding tert-OH is 1. The Labute approximate surface area is 120 Å². The van der Waals surface area contributed by atoms with E-state index < -0.39 is 0 Å². The first-order valence-electron chi connectivity index (χ1n) is 6.43. The average Bonchev–Trinajstić information content (AvgIpc) is 3.08. The SMILES string of the molecule is CCC(CCO)NC(=O)Cn1nnc(-c2ccsc2)n1. The topological polar surface area (TPSA) is 92.9 Å². The van der Waals surface area contributed by atoms with Gasteiger partial charge in [-0.15, -0.1) is 10.2 Å². The highest BCUT2D eigenvalue weighted by Gasteiger charge is 2.12. The lowest BCUT2D eigenvalue weighted by Gasteiger charge is -2.14. The standard InChI is InChI=1S/C12H17N5O2S/c1-2-10(3-5-18)13-11(19)7-17-15-12(14-16-17)9-4-6-20-8-9/h4,6,8,10,18H,2-3,5,7H2,1H3,(H,13,19). The monoisotopic (exact) mass is 295 g/mol. The number of tetrazole rings is 1. The van der Waals surface area contributed by atoms with E-state index in [-0.39, 0.29) is 25.1 Å². The number of amides is 1. The Morgan fingerprint density at radius 2 is 2.45 bits per heavy atom. The quantitative estimate of drug-likeness (QED) is 0.783. The molecule has 0 aliphatic heterocycles. The molecule has 1 amide bonds. The molecule has 0 fully saturated rings. The lowest BCUT2D eigenvalue weighted by Crippen LogP contribution is -2.37. The summed E-state index contributed by atoms with van der Waals surface area (Å²) in [6.07, 6.45) is 1.32. The minimum Gasteiger partial charge on any atom is -0.396 e. The van der Waals surface area contributed by atoms with Crippen molar-refractivity contribution in [3.05, 3.63) is 16.8 Å². The number of aliphatic hydroxyl groups is 1. The van der Waals surface area contributed by atoms with Crippen molar-refractivity contribution in [2.75, 3.05) is 6.61 Å². The molecule has 1 atom stereocenters. The van der Waals surface area contributed by atoms with Crippen LogP contribution >= 0.6 is 11.3 Å². The van der Waals surface area contributed by atoms with Crippen molar-refractivity contribution in [1.29, 1.82) is 0 Å². The summed E-state index contributed by atoms with van der Waals surface area (Å²) in [5, 5.41) is 27.5. The van der Waals surface area contributed by atoms with E-state index in [1.54, 1.807) is 11.3 Å². The molecule has 0 spiro atoms. The molecule has 0 aliphatic carbocycles. The maximum atomic E-state index is 11.8. The van der Waals surface area contributed by atoms with Gasteiger partial charge in [-0.25, -0.2) is 0 Å². The molecule has 0 aromatic carbocycles. The van der Waals surface area contributed by atoms with Crippen LogP contribution in [0.1, 0.15) is 19.8 Å². The van der Waals surface area contributed by atoms with Crippen molar-refractivity contribution in [2.45, 2.75) is 32.4 Å². The van der Waals surface area contributed by atoms with Crippen molar-refractivity contribution in [2.24, 2.45) is 0 Å². The molecule has 0 aliphatic rings. The molecule has 0 bridgehead atoms. The number of nitrogens with zero attached hydrogens (tertiary/aromatic N) is 4. The van der Waals surface area contributed by atoms with Crippen molar-refractivity contribution in [1.82, 2.24) is 25.5 Å². The molecular weight excluding hydrogens is 278 g/mol. The van der Waals surface area contributed by atoms with Gasteiger partial charge in [0.05, 0.1) is 0 Å². The number of aromatic nitrogens is 4. The van der Waals surface area contributed by atoms with Crippen LogP contribution < -0.4 is 5.32 Å². The van der Waals surface area contributed by atoms with Crippen LogP contribution in [0, 0.1) is 0 Å². The van der Waals surface area contributed by atoms with Crippen LogP contribution in [-0.4, -0.2) is 43.9 Å². The number of thiophene rings is 1. The molecular formula is C12H17N5O2S. The molecule has 2 N–H and O–H groups in total. The Morgan fingerprint density at radius 1 is 1.60 bits per heavy atom. The minimum absolute atomic E-state index is 0.0210. The first kappa shape index (κ1) is 14.6. The minimum atomic E-state index is -0.181. The predicted molar refractivity (Wildman–Crippen MR) is 75.1 cm³/mol. The Morgan fingerprint density at radius 3 is 3.10 bits per heavy atom. The molecule has 2 aromatic heterocycles. The summed E-state index contributed by atoms with van der Waals surface area (Å²) in [6, 6.07) is 1.88. The fourth-order valence-electron chi connectivity index (χ4n) is 1.75. The molecule has 0 radical (unpaired) electrons. The van der Waals surface area contributed by atoms with Crippen molar-refractivity contribution < 1.29 is 9.90 Å². The molecule has 7 nitrogen and oxygen atoms in total. The van der Waals surface area contributed by atoms with E-state index in [1.165, 1.54) is 4.80 Å². The van der Waals surface area contributed by atoms with E-state index in [1.807, 2.05) is 23.8 Å². The second-order valence-electron chi connectivity index (χ2n) is 4.34. The van der Waals surface area contributed by atoms with Gasteiger partial charge in [-0.2, -0.15) is 16.1 Å². The third kappa shape index (κ3) is 3.84. The number of hydrogen-bond donors (Lipinski definition) is 2. The number of carbonyl (C=O) groups excluding carboxylic acids is 1. The molecule has 108 valence electrons. The normalized spacial score (nSPS) is 12.3. The van der Waals surface area contributed by atoms with Gasteiger partial charge in [0, 0.05) is 23.6 Å². The van der Waals surface area contributed by atoms with E-state index in [9.17, 15) is 4.79 Å². The van der Waals surface area contributed by atoms with Gasteiger partial charge in [-0.1, -0.05) is 6.92 Å². The van der Waals surface area contributed by atoms with Gasteiger partial charge < -0.3 is 10.4 Å². The van der Waals surface area contributed by atoms with E-state index in [2.05, 4.69) is 20.7 Å². The summed E-state index contributed by atoms with van der Waals surface area (Å²) < 4.78 is 0. The van der Waals surface area contributed by atoms with Crippen molar-refractivity contribution >= 4 is 17.2 Å². The first-order chi connectivity index (χ1) is 9.72. The molecule has 2 heterocycles. The molecule has 1 unspecified atom stereocenters. The van der Waals surface area contributed by atoms with Crippen molar-refractivity contribution in [3.63, 3.8) is 0 Å². The molecule has 2 aromatic rings. The highest BCUT2D eigenvalue weighted by atomic mass is 32.1.